The molecule has 4 nitrogen and oxygen atoms in total. The lowest BCUT2D eigenvalue weighted by molar-refractivity contribution is 0.0811. The molecule has 27 heavy (non-hydrogen) atoms. The zero-order valence-corrected chi connectivity index (χ0v) is 16.6. The molecule has 2 aromatic rings. The number of piperidine rings is 1. The molecule has 0 spiro atoms. The van der Waals surface area contributed by atoms with Gasteiger partial charge in [-0.2, -0.15) is 0 Å². The van der Waals surface area contributed by atoms with Crippen LogP contribution in [-0.2, 0) is 6.54 Å². The van der Waals surface area contributed by atoms with Crippen LogP contribution in [0.3, 0.4) is 0 Å². The Bertz CT molecular complexity index is 730. The average molecular weight is 386 g/mol. The van der Waals surface area contributed by atoms with Crippen molar-refractivity contribution in [2.75, 3.05) is 32.6 Å². The van der Waals surface area contributed by atoms with Gasteiger partial charge in [-0.3, -0.25) is 9.69 Å². The summed E-state index contributed by atoms with van der Waals surface area (Å²) in [6.45, 7) is 3.01. The van der Waals surface area contributed by atoms with Gasteiger partial charge in [0.2, 0.25) is 0 Å². The summed E-state index contributed by atoms with van der Waals surface area (Å²) in [5, 5.41) is 8.82. The van der Waals surface area contributed by atoms with E-state index in [-0.39, 0.29) is 18.3 Å². The number of hydrogen-bond acceptors (Lipinski definition) is 5. The Hall–Kier alpha value is -1.82. The molecule has 0 aliphatic carbocycles. The number of rotatable bonds is 8. The first-order valence-corrected chi connectivity index (χ1v) is 10.7. The van der Waals surface area contributed by atoms with Crippen molar-refractivity contribution in [3.05, 3.63) is 59.7 Å². The molecule has 1 aliphatic heterocycles. The van der Waals surface area contributed by atoms with Crippen LogP contribution in [0.1, 0.15) is 28.8 Å². The number of ether oxygens (including phenoxy) is 1. The molecule has 144 valence electrons. The lowest BCUT2D eigenvalue weighted by Gasteiger charge is -2.32. The molecule has 0 amide bonds. The maximum absolute atomic E-state index is 12.9. The van der Waals surface area contributed by atoms with Crippen molar-refractivity contribution in [1.82, 2.24) is 4.90 Å². The number of benzene rings is 2. The van der Waals surface area contributed by atoms with Gasteiger partial charge in [0.15, 0.2) is 5.78 Å². The molecule has 5 heteroatoms. The summed E-state index contributed by atoms with van der Waals surface area (Å²) in [4.78, 5) is 16.4. The van der Waals surface area contributed by atoms with Crippen LogP contribution in [0.5, 0.6) is 5.75 Å². The maximum atomic E-state index is 12.9. The third kappa shape index (κ3) is 5.58. The number of thioether (sulfide) groups is 1. The molecule has 3 rings (SSSR count). The van der Waals surface area contributed by atoms with Crippen LogP contribution < -0.4 is 4.74 Å². The van der Waals surface area contributed by atoms with Gasteiger partial charge < -0.3 is 9.84 Å². The number of carbonyl (C=O) groups is 1. The van der Waals surface area contributed by atoms with Crippen molar-refractivity contribution < 1.29 is 14.6 Å². The highest BCUT2D eigenvalue weighted by molar-refractivity contribution is 7.98. The topological polar surface area (TPSA) is 49.8 Å². The Labute approximate surface area is 165 Å². The van der Waals surface area contributed by atoms with E-state index in [1.54, 1.807) is 11.8 Å². The zero-order valence-electron chi connectivity index (χ0n) is 15.8. The summed E-state index contributed by atoms with van der Waals surface area (Å²) in [6, 6.07) is 15.9. The van der Waals surface area contributed by atoms with E-state index >= 15 is 0 Å². The standard InChI is InChI=1S/C22H27NO3S/c1-27-21-10-6-18(7-11-21)22(25)19-3-2-12-23(16-19)15-17-4-8-20(9-5-17)26-14-13-24/h4-11,19,24H,2-3,12-16H2,1H3/t19-/m1/s1. The normalized spacial score (nSPS) is 17.6. The Kier molecular flexibility index (Phi) is 7.33. The number of aliphatic hydroxyl groups excluding tert-OH is 1. The second-order valence-corrected chi connectivity index (χ2v) is 7.76. The quantitative estimate of drug-likeness (QED) is 0.552. The number of nitrogens with zero attached hydrogens (tertiary/aromatic N) is 1. The van der Waals surface area contributed by atoms with Crippen molar-refractivity contribution in [3.63, 3.8) is 0 Å². The molecule has 0 radical (unpaired) electrons. The predicted molar refractivity (Wildman–Crippen MR) is 110 cm³/mol. The molecule has 0 unspecified atom stereocenters. The van der Waals surface area contributed by atoms with Crippen molar-refractivity contribution in [2.45, 2.75) is 24.3 Å². The Morgan fingerprint density at radius 1 is 1.19 bits per heavy atom. The Morgan fingerprint density at radius 2 is 1.93 bits per heavy atom. The Morgan fingerprint density at radius 3 is 2.59 bits per heavy atom. The van der Waals surface area contributed by atoms with Crippen LogP contribution in [0.15, 0.2) is 53.4 Å². The van der Waals surface area contributed by atoms with Gasteiger partial charge in [0, 0.05) is 29.5 Å². The third-order valence-electron chi connectivity index (χ3n) is 4.94. The number of aliphatic hydroxyl groups is 1. The first-order valence-electron chi connectivity index (χ1n) is 9.43. The van der Waals surface area contributed by atoms with Gasteiger partial charge in [-0.05, 0) is 55.5 Å². The molecular formula is C22H27NO3S. The largest absolute Gasteiger partial charge is 0.491 e. The van der Waals surface area contributed by atoms with Crippen LogP contribution in [0.25, 0.3) is 0 Å². The van der Waals surface area contributed by atoms with E-state index in [1.165, 1.54) is 10.5 Å². The van der Waals surface area contributed by atoms with Crippen LogP contribution >= 0.6 is 11.8 Å². The van der Waals surface area contributed by atoms with E-state index in [0.717, 1.165) is 43.8 Å². The summed E-state index contributed by atoms with van der Waals surface area (Å²) in [6.07, 6.45) is 4.06. The van der Waals surface area contributed by atoms with E-state index in [0.29, 0.717) is 6.61 Å². The molecule has 0 aromatic heterocycles. The number of carbonyl (C=O) groups excluding carboxylic acids is 1. The highest BCUT2D eigenvalue weighted by atomic mass is 32.2. The van der Waals surface area contributed by atoms with E-state index in [1.807, 2.05) is 42.7 Å². The van der Waals surface area contributed by atoms with Gasteiger partial charge in [0.05, 0.1) is 6.61 Å². The Balaban J connectivity index is 1.57. The van der Waals surface area contributed by atoms with Gasteiger partial charge in [-0.15, -0.1) is 11.8 Å². The van der Waals surface area contributed by atoms with Gasteiger partial charge in [0.1, 0.15) is 12.4 Å². The molecule has 2 aromatic carbocycles. The van der Waals surface area contributed by atoms with Crippen LogP contribution in [0, 0.1) is 5.92 Å². The smallest absolute Gasteiger partial charge is 0.167 e. The molecule has 0 bridgehead atoms. The van der Waals surface area contributed by atoms with E-state index in [9.17, 15) is 4.79 Å². The summed E-state index contributed by atoms with van der Waals surface area (Å²) in [7, 11) is 0. The minimum atomic E-state index is 0.0188. The summed E-state index contributed by atoms with van der Waals surface area (Å²) >= 11 is 1.69. The van der Waals surface area contributed by atoms with Crippen molar-refractivity contribution in [3.8, 4) is 5.75 Å². The van der Waals surface area contributed by atoms with E-state index < -0.39 is 0 Å². The lowest BCUT2D eigenvalue weighted by atomic mass is 9.90. The van der Waals surface area contributed by atoms with Crippen molar-refractivity contribution in [1.29, 1.82) is 0 Å². The molecule has 1 aliphatic rings. The van der Waals surface area contributed by atoms with Gasteiger partial charge in [0.25, 0.3) is 0 Å². The number of likely N-dealkylation sites (tertiary alicyclic amines) is 1. The van der Waals surface area contributed by atoms with Crippen molar-refractivity contribution in [2.24, 2.45) is 5.92 Å². The third-order valence-corrected chi connectivity index (χ3v) is 5.68. The summed E-state index contributed by atoms with van der Waals surface area (Å²) in [5.74, 6) is 1.11. The van der Waals surface area contributed by atoms with Gasteiger partial charge >= 0.3 is 0 Å². The molecule has 1 saturated heterocycles. The zero-order chi connectivity index (χ0) is 19.1. The summed E-state index contributed by atoms with van der Waals surface area (Å²) in [5.41, 5.74) is 2.04. The molecule has 1 N–H and O–H groups in total. The minimum Gasteiger partial charge on any atom is -0.491 e. The minimum absolute atomic E-state index is 0.0188. The maximum Gasteiger partial charge on any atom is 0.167 e. The average Bonchev–Trinajstić information content (AvgIpc) is 2.73. The number of Topliss-reactive ketones (excluding diaryl/α,β-unsaturated/α-hetero) is 1. The predicted octanol–water partition coefficient (Wildman–Crippen LogP) is 3.87. The first kappa shape index (κ1) is 19.9. The second kappa shape index (κ2) is 9.93. The van der Waals surface area contributed by atoms with E-state index in [2.05, 4.69) is 17.0 Å². The fourth-order valence-electron chi connectivity index (χ4n) is 3.52. The molecule has 1 atom stereocenters. The lowest BCUT2D eigenvalue weighted by Crippen LogP contribution is -2.38. The van der Waals surface area contributed by atoms with Crippen LogP contribution in [0.4, 0.5) is 0 Å². The van der Waals surface area contributed by atoms with Crippen molar-refractivity contribution >= 4 is 17.5 Å². The van der Waals surface area contributed by atoms with Gasteiger partial charge in [-0.1, -0.05) is 24.3 Å². The fourth-order valence-corrected chi connectivity index (χ4v) is 3.93. The molecule has 1 fully saturated rings. The van der Waals surface area contributed by atoms with Crippen LogP contribution in [-0.4, -0.2) is 48.3 Å². The first-order chi connectivity index (χ1) is 13.2. The second-order valence-electron chi connectivity index (χ2n) is 6.88. The monoisotopic (exact) mass is 385 g/mol. The SMILES string of the molecule is CSc1ccc(C(=O)[C@@H]2CCCN(Cc3ccc(OCCO)cc3)C2)cc1. The molecular weight excluding hydrogens is 358 g/mol. The summed E-state index contributed by atoms with van der Waals surface area (Å²) < 4.78 is 5.40. The van der Waals surface area contributed by atoms with E-state index in [4.69, 9.17) is 9.84 Å². The number of ketones is 1. The van der Waals surface area contributed by atoms with Crippen LogP contribution in [0.2, 0.25) is 0 Å². The fraction of sp³-hybridized carbons (Fsp3) is 0.409. The molecule has 0 saturated carbocycles. The number of hydrogen-bond donors (Lipinski definition) is 1. The molecule has 1 heterocycles. The highest BCUT2D eigenvalue weighted by Crippen LogP contribution is 2.24. The van der Waals surface area contributed by atoms with Gasteiger partial charge in [-0.25, -0.2) is 0 Å². The highest BCUT2D eigenvalue weighted by Gasteiger charge is 2.26.